The van der Waals surface area contributed by atoms with Crippen LogP contribution in [-0.2, 0) is 6.61 Å². The van der Waals surface area contributed by atoms with Crippen LogP contribution >= 0.6 is 0 Å². The van der Waals surface area contributed by atoms with E-state index in [4.69, 9.17) is 4.74 Å². The summed E-state index contributed by atoms with van der Waals surface area (Å²) in [7, 11) is 1.60. The molecule has 0 aliphatic rings. The molecule has 1 N–H and O–H groups in total. The first-order chi connectivity index (χ1) is 9.61. The second-order valence-electron chi connectivity index (χ2n) is 4.53. The molecule has 0 spiro atoms. The van der Waals surface area contributed by atoms with Crippen LogP contribution in [0.1, 0.15) is 36.1 Å². The molecule has 0 radical (unpaired) electrons. The number of ether oxygens (including phenoxy) is 1. The summed E-state index contributed by atoms with van der Waals surface area (Å²) in [5.41, 5.74) is 0.590. The van der Waals surface area contributed by atoms with E-state index in [1.807, 2.05) is 13.8 Å². The van der Waals surface area contributed by atoms with Crippen molar-refractivity contribution in [1.29, 1.82) is 0 Å². The van der Waals surface area contributed by atoms with Gasteiger partial charge in [-0.2, -0.15) is 0 Å². The van der Waals surface area contributed by atoms with Crippen LogP contribution in [0.15, 0.2) is 24.3 Å². The Morgan fingerprint density at radius 2 is 2.05 bits per heavy atom. The van der Waals surface area contributed by atoms with Gasteiger partial charge in [0.1, 0.15) is 12.4 Å². The standard InChI is InChI=1S/C13H17N5O2/c1-9(2)18-12(15-16-17-18)8-20-11-6-4-10(5-7-11)13(19)14-3/h4-7,9H,8H2,1-3H3,(H,14,19). The lowest BCUT2D eigenvalue weighted by Crippen LogP contribution is -2.17. The summed E-state index contributed by atoms with van der Waals surface area (Å²) >= 11 is 0. The number of benzene rings is 1. The average Bonchev–Trinajstić information content (AvgIpc) is 2.93. The Labute approximate surface area is 116 Å². The van der Waals surface area contributed by atoms with Crippen molar-refractivity contribution in [3.8, 4) is 5.75 Å². The predicted molar refractivity (Wildman–Crippen MR) is 72.4 cm³/mol. The van der Waals surface area contributed by atoms with Crippen molar-refractivity contribution < 1.29 is 9.53 Å². The summed E-state index contributed by atoms with van der Waals surface area (Å²) < 4.78 is 7.32. The van der Waals surface area contributed by atoms with E-state index in [1.54, 1.807) is 36.0 Å². The van der Waals surface area contributed by atoms with Crippen molar-refractivity contribution in [3.63, 3.8) is 0 Å². The maximum Gasteiger partial charge on any atom is 0.251 e. The van der Waals surface area contributed by atoms with Gasteiger partial charge in [0.05, 0.1) is 6.04 Å². The monoisotopic (exact) mass is 275 g/mol. The third kappa shape index (κ3) is 3.11. The normalized spacial score (nSPS) is 10.6. The number of nitrogens with zero attached hydrogens (tertiary/aromatic N) is 4. The molecule has 1 aromatic carbocycles. The van der Waals surface area contributed by atoms with Crippen molar-refractivity contribution in [2.75, 3.05) is 7.05 Å². The highest BCUT2D eigenvalue weighted by Crippen LogP contribution is 2.14. The Morgan fingerprint density at radius 1 is 1.35 bits per heavy atom. The zero-order valence-corrected chi connectivity index (χ0v) is 11.7. The topological polar surface area (TPSA) is 81.9 Å². The first kappa shape index (κ1) is 14.0. The summed E-state index contributed by atoms with van der Waals surface area (Å²) in [5.74, 6) is 1.20. The van der Waals surface area contributed by atoms with Crippen molar-refractivity contribution in [3.05, 3.63) is 35.7 Å². The lowest BCUT2D eigenvalue weighted by molar-refractivity contribution is 0.0963. The number of tetrazole rings is 1. The second-order valence-corrected chi connectivity index (χ2v) is 4.53. The maximum absolute atomic E-state index is 11.4. The quantitative estimate of drug-likeness (QED) is 0.886. The molecule has 2 rings (SSSR count). The smallest absolute Gasteiger partial charge is 0.251 e. The minimum Gasteiger partial charge on any atom is -0.486 e. The summed E-state index contributed by atoms with van der Waals surface area (Å²) in [5, 5.41) is 14.0. The highest BCUT2D eigenvalue weighted by molar-refractivity contribution is 5.94. The van der Waals surface area contributed by atoms with Gasteiger partial charge in [-0.25, -0.2) is 4.68 Å². The molecular weight excluding hydrogens is 258 g/mol. The number of carbonyl (C=O) groups excluding carboxylic acids is 1. The maximum atomic E-state index is 11.4. The van der Waals surface area contributed by atoms with E-state index in [1.165, 1.54) is 0 Å². The fourth-order valence-electron chi connectivity index (χ4n) is 1.70. The van der Waals surface area contributed by atoms with E-state index in [9.17, 15) is 4.79 Å². The highest BCUT2D eigenvalue weighted by atomic mass is 16.5. The van der Waals surface area contributed by atoms with Crippen LogP contribution in [-0.4, -0.2) is 33.2 Å². The van der Waals surface area contributed by atoms with Crippen molar-refractivity contribution >= 4 is 5.91 Å². The molecule has 20 heavy (non-hydrogen) atoms. The number of carbonyl (C=O) groups is 1. The third-order valence-corrected chi connectivity index (χ3v) is 2.76. The van der Waals surface area contributed by atoms with Gasteiger partial charge < -0.3 is 10.1 Å². The molecule has 106 valence electrons. The second kappa shape index (κ2) is 6.14. The van der Waals surface area contributed by atoms with Crippen molar-refractivity contribution in [1.82, 2.24) is 25.5 Å². The third-order valence-electron chi connectivity index (χ3n) is 2.76. The molecule has 1 amide bonds. The number of hydrogen-bond donors (Lipinski definition) is 1. The van der Waals surface area contributed by atoms with E-state index in [0.29, 0.717) is 17.1 Å². The van der Waals surface area contributed by atoms with Crippen LogP contribution in [0.4, 0.5) is 0 Å². The molecule has 2 aromatic rings. The molecule has 0 saturated carbocycles. The molecule has 7 heteroatoms. The van der Waals surface area contributed by atoms with E-state index < -0.39 is 0 Å². The fourth-order valence-corrected chi connectivity index (χ4v) is 1.70. The van der Waals surface area contributed by atoms with Gasteiger partial charge in [-0.1, -0.05) is 0 Å². The van der Waals surface area contributed by atoms with E-state index in [2.05, 4.69) is 20.8 Å². The van der Waals surface area contributed by atoms with Crippen LogP contribution < -0.4 is 10.1 Å². The number of aromatic nitrogens is 4. The largest absolute Gasteiger partial charge is 0.486 e. The van der Waals surface area contributed by atoms with Crippen molar-refractivity contribution in [2.45, 2.75) is 26.5 Å². The first-order valence-electron chi connectivity index (χ1n) is 6.33. The van der Waals surface area contributed by atoms with E-state index >= 15 is 0 Å². The lowest BCUT2D eigenvalue weighted by atomic mass is 10.2. The Bertz CT molecular complexity index is 577. The summed E-state index contributed by atoms with van der Waals surface area (Å²) in [6.45, 7) is 4.28. The molecular formula is C13H17N5O2. The van der Waals surface area contributed by atoms with Gasteiger partial charge in [0.25, 0.3) is 5.91 Å². The van der Waals surface area contributed by atoms with Crippen LogP contribution in [0.3, 0.4) is 0 Å². The molecule has 0 aliphatic carbocycles. The zero-order valence-electron chi connectivity index (χ0n) is 11.7. The fraction of sp³-hybridized carbons (Fsp3) is 0.385. The molecule has 0 bridgehead atoms. The van der Waals surface area contributed by atoms with Crippen LogP contribution in [0.25, 0.3) is 0 Å². The number of hydrogen-bond acceptors (Lipinski definition) is 5. The molecule has 0 unspecified atom stereocenters. The average molecular weight is 275 g/mol. The highest BCUT2D eigenvalue weighted by Gasteiger charge is 2.10. The van der Waals surface area contributed by atoms with Gasteiger partial charge in [0.15, 0.2) is 5.82 Å². The zero-order chi connectivity index (χ0) is 14.5. The van der Waals surface area contributed by atoms with Crippen LogP contribution in [0.2, 0.25) is 0 Å². The molecule has 0 atom stereocenters. The number of rotatable bonds is 5. The van der Waals surface area contributed by atoms with Gasteiger partial charge in [-0.05, 0) is 48.5 Å². The van der Waals surface area contributed by atoms with Crippen molar-refractivity contribution in [2.24, 2.45) is 0 Å². The molecule has 0 aliphatic heterocycles. The Morgan fingerprint density at radius 3 is 2.65 bits per heavy atom. The Hall–Kier alpha value is -2.44. The molecule has 0 fully saturated rings. The van der Waals surface area contributed by atoms with Gasteiger partial charge >= 0.3 is 0 Å². The summed E-state index contributed by atoms with van der Waals surface area (Å²) in [4.78, 5) is 11.4. The minimum atomic E-state index is -0.125. The van der Waals surface area contributed by atoms with Gasteiger partial charge in [0.2, 0.25) is 0 Å². The predicted octanol–water partition coefficient (Wildman–Crippen LogP) is 1.19. The number of amides is 1. The molecule has 7 nitrogen and oxygen atoms in total. The summed E-state index contributed by atoms with van der Waals surface area (Å²) in [6.07, 6.45) is 0. The first-order valence-corrected chi connectivity index (χ1v) is 6.33. The van der Waals surface area contributed by atoms with Gasteiger partial charge in [0, 0.05) is 12.6 Å². The van der Waals surface area contributed by atoms with Crippen LogP contribution in [0.5, 0.6) is 5.75 Å². The van der Waals surface area contributed by atoms with Crippen LogP contribution in [0, 0.1) is 0 Å². The van der Waals surface area contributed by atoms with E-state index in [-0.39, 0.29) is 18.6 Å². The SMILES string of the molecule is CNC(=O)c1ccc(OCc2nnnn2C(C)C)cc1. The number of nitrogens with one attached hydrogen (secondary N) is 1. The van der Waals surface area contributed by atoms with E-state index in [0.717, 1.165) is 0 Å². The molecule has 1 heterocycles. The molecule has 1 aromatic heterocycles. The lowest BCUT2D eigenvalue weighted by Gasteiger charge is -2.09. The Balaban J connectivity index is 2.00. The van der Waals surface area contributed by atoms with Gasteiger partial charge in [-0.3, -0.25) is 4.79 Å². The van der Waals surface area contributed by atoms with Gasteiger partial charge in [-0.15, -0.1) is 5.10 Å². The summed E-state index contributed by atoms with van der Waals surface area (Å²) in [6, 6.07) is 7.08. The minimum absolute atomic E-state index is 0.125. The Kier molecular flexibility index (Phi) is 4.29. The molecule has 0 saturated heterocycles.